The number of benzene rings is 3. The molecule has 7 heteroatoms. The Morgan fingerprint density at radius 2 is 1.70 bits per heavy atom. The molecule has 30 heavy (non-hydrogen) atoms. The lowest BCUT2D eigenvalue weighted by atomic mass is 10.2. The van der Waals surface area contributed by atoms with Crippen LogP contribution in [-0.2, 0) is 4.79 Å². The van der Waals surface area contributed by atoms with Crippen molar-refractivity contribution < 1.29 is 9.72 Å². The van der Waals surface area contributed by atoms with Gasteiger partial charge in [-0.1, -0.05) is 35.9 Å². The third-order valence-corrected chi connectivity index (χ3v) is 4.23. The van der Waals surface area contributed by atoms with E-state index in [9.17, 15) is 14.9 Å². The van der Waals surface area contributed by atoms with Crippen LogP contribution in [0.15, 0.2) is 83.0 Å². The first-order chi connectivity index (χ1) is 14.4. The van der Waals surface area contributed by atoms with Crippen LogP contribution in [0.3, 0.4) is 0 Å². The van der Waals surface area contributed by atoms with Crippen molar-refractivity contribution in [1.29, 1.82) is 0 Å². The SMILES string of the molecule is Cc1ccc(N=Nc2cc(C)ccc2NC(=O)/C=C/c2cccc([N+](=O)[O-])c2)cc1. The molecule has 0 spiro atoms. The first-order valence-electron chi connectivity index (χ1n) is 9.23. The number of hydrogen-bond donors (Lipinski definition) is 1. The molecule has 3 aromatic carbocycles. The van der Waals surface area contributed by atoms with E-state index in [2.05, 4.69) is 15.5 Å². The van der Waals surface area contributed by atoms with Gasteiger partial charge < -0.3 is 5.32 Å². The van der Waals surface area contributed by atoms with Crippen molar-refractivity contribution >= 4 is 34.7 Å². The minimum Gasteiger partial charge on any atom is -0.321 e. The molecule has 150 valence electrons. The van der Waals surface area contributed by atoms with E-state index in [4.69, 9.17) is 0 Å². The van der Waals surface area contributed by atoms with Crippen molar-refractivity contribution in [2.24, 2.45) is 10.2 Å². The molecule has 0 saturated heterocycles. The molecule has 3 rings (SSSR count). The second-order valence-corrected chi connectivity index (χ2v) is 6.73. The maximum atomic E-state index is 12.3. The van der Waals surface area contributed by atoms with Crippen molar-refractivity contribution in [1.82, 2.24) is 0 Å². The molecule has 1 N–H and O–H groups in total. The van der Waals surface area contributed by atoms with E-state index in [1.807, 2.05) is 50.2 Å². The van der Waals surface area contributed by atoms with Crippen LogP contribution in [0.4, 0.5) is 22.7 Å². The van der Waals surface area contributed by atoms with Gasteiger partial charge in [-0.15, -0.1) is 5.11 Å². The summed E-state index contributed by atoms with van der Waals surface area (Å²) in [5, 5.41) is 22.2. The van der Waals surface area contributed by atoms with Crippen molar-refractivity contribution in [3.8, 4) is 0 Å². The lowest BCUT2D eigenvalue weighted by Crippen LogP contribution is -2.07. The number of carbonyl (C=O) groups is 1. The maximum Gasteiger partial charge on any atom is 0.270 e. The monoisotopic (exact) mass is 400 g/mol. The highest BCUT2D eigenvalue weighted by atomic mass is 16.6. The van der Waals surface area contributed by atoms with E-state index in [1.165, 1.54) is 24.3 Å². The van der Waals surface area contributed by atoms with Crippen LogP contribution in [0.25, 0.3) is 6.08 Å². The number of nitro benzene ring substituents is 1. The minimum absolute atomic E-state index is 0.0325. The quantitative estimate of drug-likeness (QED) is 0.228. The zero-order chi connectivity index (χ0) is 21.5. The van der Waals surface area contributed by atoms with Crippen LogP contribution in [0.1, 0.15) is 16.7 Å². The molecule has 7 nitrogen and oxygen atoms in total. The third-order valence-electron chi connectivity index (χ3n) is 4.23. The highest BCUT2D eigenvalue weighted by Crippen LogP contribution is 2.28. The molecule has 0 aliphatic carbocycles. The van der Waals surface area contributed by atoms with E-state index >= 15 is 0 Å². The number of rotatable bonds is 6. The average Bonchev–Trinajstić information content (AvgIpc) is 2.73. The Morgan fingerprint density at radius 3 is 2.43 bits per heavy atom. The van der Waals surface area contributed by atoms with Gasteiger partial charge in [0.15, 0.2) is 0 Å². The second-order valence-electron chi connectivity index (χ2n) is 6.73. The summed E-state index contributed by atoms with van der Waals surface area (Å²) >= 11 is 0. The van der Waals surface area contributed by atoms with Gasteiger partial charge in [0.25, 0.3) is 5.69 Å². The van der Waals surface area contributed by atoms with Crippen LogP contribution in [0.5, 0.6) is 0 Å². The molecule has 1 amide bonds. The van der Waals surface area contributed by atoms with E-state index < -0.39 is 4.92 Å². The smallest absolute Gasteiger partial charge is 0.270 e. The Kier molecular flexibility index (Phi) is 6.44. The lowest BCUT2D eigenvalue weighted by molar-refractivity contribution is -0.384. The predicted molar refractivity (Wildman–Crippen MR) is 117 cm³/mol. The maximum absolute atomic E-state index is 12.3. The topological polar surface area (TPSA) is 97.0 Å². The highest BCUT2D eigenvalue weighted by molar-refractivity contribution is 6.03. The fourth-order valence-electron chi connectivity index (χ4n) is 2.64. The van der Waals surface area contributed by atoms with Gasteiger partial charge in [0.05, 0.1) is 16.3 Å². The predicted octanol–water partition coefficient (Wildman–Crippen LogP) is 6.28. The summed E-state index contributed by atoms with van der Waals surface area (Å²) in [5.74, 6) is -0.378. The zero-order valence-electron chi connectivity index (χ0n) is 16.6. The Bertz CT molecular complexity index is 1140. The Labute approximate surface area is 173 Å². The van der Waals surface area contributed by atoms with Gasteiger partial charge >= 0.3 is 0 Å². The molecule has 0 unspecified atom stereocenters. The Balaban J connectivity index is 1.76. The Morgan fingerprint density at radius 1 is 0.967 bits per heavy atom. The first kappa shape index (κ1) is 20.6. The molecule has 0 aliphatic rings. The average molecular weight is 400 g/mol. The largest absolute Gasteiger partial charge is 0.321 e. The van der Waals surface area contributed by atoms with Crippen LogP contribution < -0.4 is 5.32 Å². The number of carbonyl (C=O) groups excluding carboxylic acids is 1. The molecule has 0 atom stereocenters. The Hall–Kier alpha value is -4.13. The van der Waals surface area contributed by atoms with Crippen LogP contribution in [0, 0.1) is 24.0 Å². The molecular formula is C23H20N4O3. The summed E-state index contributed by atoms with van der Waals surface area (Å²) in [7, 11) is 0. The van der Waals surface area contributed by atoms with Crippen molar-refractivity contribution in [2.45, 2.75) is 13.8 Å². The van der Waals surface area contributed by atoms with E-state index in [1.54, 1.807) is 18.2 Å². The number of nitrogens with zero attached hydrogens (tertiary/aromatic N) is 3. The molecule has 0 bridgehead atoms. The number of non-ortho nitro benzene ring substituents is 1. The summed E-state index contributed by atoms with van der Waals surface area (Å²) in [5.41, 5.74) is 4.41. The molecule has 0 aliphatic heterocycles. The normalized spacial score (nSPS) is 11.1. The van der Waals surface area contributed by atoms with Gasteiger partial charge in [0.2, 0.25) is 5.91 Å². The van der Waals surface area contributed by atoms with Crippen LogP contribution >= 0.6 is 0 Å². The van der Waals surface area contributed by atoms with Gasteiger partial charge in [-0.3, -0.25) is 14.9 Å². The summed E-state index contributed by atoms with van der Waals surface area (Å²) in [6.45, 7) is 3.93. The summed E-state index contributed by atoms with van der Waals surface area (Å²) < 4.78 is 0. The molecule has 0 saturated carbocycles. The number of azo groups is 1. The number of aryl methyl sites for hydroxylation is 2. The van der Waals surface area contributed by atoms with Gasteiger partial charge in [0, 0.05) is 18.2 Å². The molecule has 0 radical (unpaired) electrons. The van der Waals surface area contributed by atoms with Crippen molar-refractivity contribution in [3.63, 3.8) is 0 Å². The van der Waals surface area contributed by atoms with Gasteiger partial charge in [0.1, 0.15) is 5.69 Å². The van der Waals surface area contributed by atoms with Gasteiger partial charge in [-0.25, -0.2) is 0 Å². The van der Waals surface area contributed by atoms with E-state index in [0.717, 1.165) is 11.1 Å². The standard InChI is InChI=1S/C23H20N4O3/c1-16-6-10-19(11-7-16)25-26-22-14-17(2)8-12-21(22)24-23(28)13-9-18-4-3-5-20(15-18)27(29)30/h3-15H,1-2H3,(H,24,28)/b13-9+,26-25?. The third kappa shape index (κ3) is 5.68. The summed E-state index contributed by atoms with van der Waals surface area (Å²) in [6.07, 6.45) is 2.84. The van der Waals surface area contributed by atoms with Crippen LogP contribution in [-0.4, -0.2) is 10.8 Å². The molecular weight excluding hydrogens is 380 g/mol. The van der Waals surface area contributed by atoms with Crippen molar-refractivity contribution in [3.05, 3.63) is 99.6 Å². The number of nitro groups is 1. The van der Waals surface area contributed by atoms with E-state index in [-0.39, 0.29) is 11.6 Å². The highest BCUT2D eigenvalue weighted by Gasteiger charge is 2.07. The molecule has 3 aromatic rings. The number of nitrogens with one attached hydrogen (secondary N) is 1. The lowest BCUT2D eigenvalue weighted by Gasteiger charge is -2.07. The fraction of sp³-hybridized carbons (Fsp3) is 0.0870. The first-order valence-corrected chi connectivity index (χ1v) is 9.23. The van der Waals surface area contributed by atoms with Gasteiger partial charge in [-0.2, -0.15) is 5.11 Å². The number of amides is 1. The number of anilines is 1. The van der Waals surface area contributed by atoms with Gasteiger partial charge in [-0.05, 0) is 55.3 Å². The summed E-state index contributed by atoms with van der Waals surface area (Å²) in [4.78, 5) is 22.7. The van der Waals surface area contributed by atoms with E-state index in [0.29, 0.717) is 22.6 Å². The second kappa shape index (κ2) is 9.38. The summed E-state index contributed by atoms with van der Waals surface area (Å²) in [6, 6.07) is 19.1. The molecule has 0 fully saturated rings. The van der Waals surface area contributed by atoms with Crippen molar-refractivity contribution in [2.75, 3.05) is 5.32 Å². The fourth-order valence-corrected chi connectivity index (χ4v) is 2.64. The molecule has 0 heterocycles. The van der Waals surface area contributed by atoms with Crippen LogP contribution in [0.2, 0.25) is 0 Å². The number of hydrogen-bond acceptors (Lipinski definition) is 5. The minimum atomic E-state index is -0.477. The molecule has 0 aromatic heterocycles. The zero-order valence-corrected chi connectivity index (χ0v) is 16.6.